The maximum Gasteiger partial charge on any atom is 0.0701 e. The Morgan fingerprint density at radius 2 is 2.06 bits per heavy atom. The summed E-state index contributed by atoms with van der Waals surface area (Å²) in [7, 11) is 0. The molecule has 2 fully saturated rings. The van der Waals surface area contributed by atoms with Gasteiger partial charge in [-0.2, -0.15) is 0 Å². The van der Waals surface area contributed by atoms with Gasteiger partial charge < -0.3 is 5.32 Å². The van der Waals surface area contributed by atoms with Crippen LogP contribution in [0.3, 0.4) is 0 Å². The standard InChI is InChI=1S/C13H19BrN2S.ClH/c14-12-2-1-11(17-12)9-16-8-5-13(10-16)3-6-15-7-4-13;/h1-2,15H,3-10H2;1H. The predicted octanol–water partition coefficient (Wildman–Crippen LogP) is 3.51. The quantitative estimate of drug-likeness (QED) is 0.877. The lowest BCUT2D eigenvalue weighted by molar-refractivity contribution is 0.194. The van der Waals surface area contributed by atoms with E-state index in [0.29, 0.717) is 5.41 Å². The summed E-state index contributed by atoms with van der Waals surface area (Å²) in [6.45, 7) is 6.18. The molecule has 0 unspecified atom stereocenters. The Balaban J connectivity index is 0.00000120. The van der Waals surface area contributed by atoms with E-state index in [1.54, 1.807) is 0 Å². The molecule has 0 bridgehead atoms. The van der Waals surface area contributed by atoms with Crippen molar-refractivity contribution in [1.82, 2.24) is 10.2 Å². The van der Waals surface area contributed by atoms with Crippen LogP contribution < -0.4 is 5.32 Å². The molecule has 1 aromatic heterocycles. The predicted molar refractivity (Wildman–Crippen MR) is 83.7 cm³/mol. The van der Waals surface area contributed by atoms with Gasteiger partial charge in [0.25, 0.3) is 0 Å². The van der Waals surface area contributed by atoms with Gasteiger partial charge in [0, 0.05) is 18.0 Å². The van der Waals surface area contributed by atoms with Crippen molar-refractivity contribution < 1.29 is 0 Å². The first-order valence-corrected chi connectivity index (χ1v) is 8.04. The summed E-state index contributed by atoms with van der Waals surface area (Å²) >= 11 is 5.42. The van der Waals surface area contributed by atoms with Gasteiger partial charge in [0.15, 0.2) is 0 Å². The molecule has 0 saturated carbocycles. The summed E-state index contributed by atoms with van der Waals surface area (Å²) in [6.07, 6.45) is 4.15. The lowest BCUT2D eigenvalue weighted by atomic mass is 9.78. The second-order valence-electron chi connectivity index (χ2n) is 5.42. The van der Waals surface area contributed by atoms with E-state index >= 15 is 0 Å². The number of hydrogen-bond acceptors (Lipinski definition) is 3. The first kappa shape index (κ1) is 14.8. The second kappa shape index (κ2) is 6.23. The number of thiophene rings is 1. The van der Waals surface area contributed by atoms with Crippen LogP contribution in [0.1, 0.15) is 24.1 Å². The van der Waals surface area contributed by atoms with Crippen LogP contribution in [0.2, 0.25) is 0 Å². The van der Waals surface area contributed by atoms with Crippen molar-refractivity contribution >= 4 is 39.7 Å². The van der Waals surface area contributed by atoms with Gasteiger partial charge in [0.05, 0.1) is 3.79 Å². The third-order valence-corrected chi connectivity index (χ3v) is 5.80. The van der Waals surface area contributed by atoms with Crippen molar-refractivity contribution in [3.63, 3.8) is 0 Å². The summed E-state index contributed by atoms with van der Waals surface area (Å²) in [4.78, 5) is 4.13. The second-order valence-corrected chi connectivity index (χ2v) is 7.96. The topological polar surface area (TPSA) is 15.3 Å². The lowest BCUT2D eigenvalue weighted by Gasteiger charge is -2.33. The van der Waals surface area contributed by atoms with Gasteiger partial charge in [-0.1, -0.05) is 0 Å². The van der Waals surface area contributed by atoms with Crippen molar-refractivity contribution in [1.29, 1.82) is 0 Å². The minimum Gasteiger partial charge on any atom is -0.317 e. The molecule has 102 valence electrons. The smallest absolute Gasteiger partial charge is 0.0701 e. The van der Waals surface area contributed by atoms with E-state index in [2.05, 4.69) is 38.3 Å². The van der Waals surface area contributed by atoms with Crippen LogP contribution in [0, 0.1) is 5.41 Å². The number of nitrogens with one attached hydrogen (secondary N) is 1. The highest BCUT2D eigenvalue weighted by Crippen LogP contribution is 2.39. The van der Waals surface area contributed by atoms with Crippen molar-refractivity contribution in [3.05, 3.63) is 20.8 Å². The van der Waals surface area contributed by atoms with Crippen molar-refractivity contribution in [2.24, 2.45) is 5.41 Å². The van der Waals surface area contributed by atoms with E-state index in [9.17, 15) is 0 Å². The monoisotopic (exact) mass is 350 g/mol. The van der Waals surface area contributed by atoms with Gasteiger partial charge in [-0.25, -0.2) is 0 Å². The van der Waals surface area contributed by atoms with Gasteiger partial charge in [0.1, 0.15) is 0 Å². The molecule has 3 heterocycles. The van der Waals surface area contributed by atoms with Crippen molar-refractivity contribution in [3.8, 4) is 0 Å². The van der Waals surface area contributed by atoms with Crippen molar-refractivity contribution in [2.75, 3.05) is 26.2 Å². The van der Waals surface area contributed by atoms with Crippen LogP contribution in [0.25, 0.3) is 0 Å². The number of piperidine rings is 1. The maximum atomic E-state index is 3.54. The van der Waals surface area contributed by atoms with Gasteiger partial charge in [-0.15, -0.1) is 23.7 Å². The van der Waals surface area contributed by atoms with E-state index in [4.69, 9.17) is 0 Å². The Morgan fingerprint density at radius 3 is 2.72 bits per heavy atom. The Kier molecular flexibility index (Phi) is 5.12. The van der Waals surface area contributed by atoms with E-state index in [1.807, 2.05) is 11.3 Å². The van der Waals surface area contributed by atoms with E-state index < -0.39 is 0 Å². The molecule has 0 aromatic carbocycles. The molecule has 2 saturated heterocycles. The summed E-state index contributed by atoms with van der Waals surface area (Å²) < 4.78 is 1.25. The van der Waals surface area contributed by atoms with E-state index in [0.717, 1.165) is 6.54 Å². The molecule has 0 radical (unpaired) electrons. The molecule has 2 aliphatic heterocycles. The third-order valence-electron chi connectivity index (χ3n) is 4.19. The van der Waals surface area contributed by atoms with Crippen LogP contribution in [0.4, 0.5) is 0 Å². The molecule has 0 amide bonds. The largest absolute Gasteiger partial charge is 0.317 e. The molecule has 1 spiro atoms. The minimum absolute atomic E-state index is 0. The van der Waals surface area contributed by atoms with E-state index in [1.165, 1.54) is 54.1 Å². The van der Waals surface area contributed by atoms with Crippen LogP contribution in [-0.2, 0) is 6.54 Å². The Labute approximate surface area is 128 Å². The average Bonchev–Trinajstić information content (AvgIpc) is 2.89. The Bertz CT molecular complexity index is 390. The molecule has 2 aliphatic rings. The number of halogens is 2. The van der Waals surface area contributed by atoms with Gasteiger partial charge >= 0.3 is 0 Å². The first-order chi connectivity index (χ1) is 8.26. The fourth-order valence-electron chi connectivity index (χ4n) is 3.19. The number of likely N-dealkylation sites (tertiary alicyclic amines) is 1. The number of hydrogen-bond donors (Lipinski definition) is 1. The summed E-state index contributed by atoms with van der Waals surface area (Å²) in [6, 6.07) is 4.42. The Hall–Kier alpha value is 0.390. The van der Waals surface area contributed by atoms with Crippen LogP contribution in [-0.4, -0.2) is 31.1 Å². The highest BCUT2D eigenvalue weighted by atomic mass is 79.9. The van der Waals surface area contributed by atoms with Crippen LogP contribution in [0.15, 0.2) is 15.9 Å². The van der Waals surface area contributed by atoms with Gasteiger partial charge in [-0.05, 0) is 72.4 Å². The molecule has 1 aromatic rings. The fourth-order valence-corrected chi connectivity index (χ4v) is 4.71. The molecule has 3 rings (SSSR count). The van der Waals surface area contributed by atoms with Gasteiger partial charge in [-0.3, -0.25) is 4.90 Å². The zero-order chi connectivity index (χ0) is 11.7. The van der Waals surface area contributed by atoms with E-state index in [-0.39, 0.29) is 12.4 Å². The molecular weight excluding hydrogens is 332 g/mol. The highest BCUT2D eigenvalue weighted by Gasteiger charge is 2.38. The molecule has 1 N–H and O–H groups in total. The molecular formula is C13H20BrClN2S. The normalized spacial score (nSPS) is 23.2. The fraction of sp³-hybridized carbons (Fsp3) is 0.692. The summed E-state index contributed by atoms with van der Waals surface area (Å²) in [5.74, 6) is 0. The molecule has 2 nitrogen and oxygen atoms in total. The zero-order valence-corrected chi connectivity index (χ0v) is 13.7. The van der Waals surface area contributed by atoms with Crippen LogP contribution >= 0.6 is 39.7 Å². The Morgan fingerprint density at radius 1 is 1.28 bits per heavy atom. The molecule has 0 atom stereocenters. The summed E-state index contributed by atoms with van der Waals surface area (Å²) in [5.41, 5.74) is 0.639. The highest BCUT2D eigenvalue weighted by molar-refractivity contribution is 9.11. The lowest BCUT2D eigenvalue weighted by Crippen LogP contribution is -2.38. The SMILES string of the molecule is Brc1ccc(CN2CCC3(CCNCC3)C2)s1.Cl. The molecule has 18 heavy (non-hydrogen) atoms. The number of nitrogens with zero attached hydrogens (tertiary/aromatic N) is 1. The van der Waals surface area contributed by atoms with Crippen LogP contribution in [0.5, 0.6) is 0 Å². The number of rotatable bonds is 2. The third kappa shape index (κ3) is 3.28. The summed E-state index contributed by atoms with van der Waals surface area (Å²) in [5, 5.41) is 3.48. The average molecular weight is 352 g/mol. The molecule has 5 heteroatoms. The minimum atomic E-state index is 0. The zero-order valence-electron chi connectivity index (χ0n) is 10.5. The maximum absolute atomic E-state index is 3.54. The first-order valence-electron chi connectivity index (χ1n) is 6.43. The van der Waals surface area contributed by atoms with Gasteiger partial charge in [0.2, 0.25) is 0 Å². The molecule has 0 aliphatic carbocycles. The van der Waals surface area contributed by atoms with Crippen molar-refractivity contribution in [2.45, 2.75) is 25.8 Å².